The van der Waals surface area contributed by atoms with Crippen LogP contribution >= 0.6 is 0 Å². The largest absolute Gasteiger partial charge is 0.497 e. The van der Waals surface area contributed by atoms with Crippen LogP contribution in [0.1, 0.15) is 22.7 Å². The van der Waals surface area contributed by atoms with Gasteiger partial charge in [0.2, 0.25) is 5.91 Å². The normalized spacial score (nSPS) is 14.7. The van der Waals surface area contributed by atoms with Crippen LogP contribution in [0.25, 0.3) is 10.8 Å². The fourth-order valence-corrected chi connectivity index (χ4v) is 5.06. The van der Waals surface area contributed by atoms with Crippen LogP contribution in [0.2, 0.25) is 0 Å². The molecule has 6 heteroatoms. The van der Waals surface area contributed by atoms with Crippen molar-refractivity contribution < 1.29 is 23.7 Å². The van der Waals surface area contributed by atoms with E-state index in [9.17, 15) is 4.79 Å². The average molecular weight is 498 g/mol. The zero-order valence-corrected chi connectivity index (χ0v) is 21.4. The van der Waals surface area contributed by atoms with Crippen LogP contribution in [-0.2, 0) is 17.6 Å². The van der Waals surface area contributed by atoms with Gasteiger partial charge in [-0.15, -0.1) is 0 Å². The number of carbonyl (C=O) groups is 1. The fourth-order valence-electron chi connectivity index (χ4n) is 5.06. The Balaban J connectivity index is 1.46. The number of hydrogen-bond donors (Lipinski definition) is 0. The average Bonchev–Trinajstić information content (AvgIpc) is 2.95. The van der Waals surface area contributed by atoms with Crippen LogP contribution in [0.3, 0.4) is 0 Å². The predicted molar refractivity (Wildman–Crippen MR) is 144 cm³/mol. The molecule has 0 radical (unpaired) electrons. The maximum atomic E-state index is 13.8. The van der Waals surface area contributed by atoms with Gasteiger partial charge in [-0.25, -0.2) is 0 Å². The molecule has 0 bridgehead atoms. The molecule has 1 atom stereocenters. The molecule has 1 amide bonds. The van der Waals surface area contributed by atoms with Crippen molar-refractivity contribution in [1.29, 1.82) is 0 Å². The highest BCUT2D eigenvalue weighted by Gasteiger charge is 2.33. The minimum Gasteiger partial charge on any atom is -0.497 e. The van der Waals surface area contributed by atoms with Crippen molar-refractivity contribution in [3.63, 3.8) is 0 Å². The summed E-state index contributed by atoms with van der Waals surface area (Å²) in [6.45, 7) is 0.915. The molecule has 1 heterocycles. The molecule has 0 aliphatic carbocycles. The lowest BCUT2D eigenvalue weighted by atomic mass is 9.91. The number of benzene rings is 4. The standard InChI is InChI=1S/C31H31NO5/c1-34-24-11-13-25(14-12-24)37-20-28-27-19-30(36-3)29(35-2)17-23(27)15-16-32(28)31(33)18-22-9-6-8-21-7-4-5-10-26(21)22/h4-14,17,19,28H,15-16,18,20H2,1-3H3. The van der Waals surface area contributed by atoms with Crippen molar-refractivity contribution in [2.45, 2.75) is 18.9 Å². The molecule has 1 aliphatic heterocycles. The van der Waals surface area contributed by atoms with E-state index in [1.165, 1.54) is 0 Å². The topological polar surface area (TPSA) is 57.2 Å². The Morgan fingerprint density at radius 3 is 2.30 bits per heavy atom. The number of methoxy groups -OCH3 is 3. The van der Waals surface area contributed by atoms with E-state index in [4.69, 9.17) is 18.9 Å². The molecule has 0 aromatic heterocycles. The first-order valence-corrected chi connectivity index (χ1v) is 12.4. The van der Waals surface area contributed by atoms with E-state index in [-0.39, 0.29) is 11.9 Å². The van der Waals surface area contributed by atoms with Crippen molar-refractivity contribution >= 4 is 16.7 Å². The quantitative estimate of drug-likeness (QED) is 0.317. The molecule has 5 rings (SSSR count). The first kappa shape index (κ1) is 24.5. The Hall–Kier alpha value is -4.19. The molecule has 190 valence electrons. The van der Waals surface area contributed by atoms with Gasteiger partial charge in [-0.2, -0.15) is 0 Å². The van der Waals surface area contributed by atoms with Gasteiger partial charge in [0.1, 0.15) is 18.1 Å². The molecule has 4 aromatic rings. The van der Waals surface area contributed by atoms with E-state index >= 15 is 0 Å². The van der Waals surface area contributed by atoms with E-state index in [0.717, 1.165) is 45.4 Å². The molecule has 0 saturated heterocycles. The predicted octanol–water partition coefficient (Wildman–Crippen LogP) is 5.61. The molecule has 0 saturated carbocycles. The molecule has 0 fully saturated rings. The van der Waals surface area contributed by atoms with Gasteiger partial charge in [0.05, 0.1) is 33.8 Å². The Kier molecular flexibility index (Phi) is 7.17. The van der Waals surface area contributed by atoms with E-state index in [0.29, 0.717) is 31.1 Å². The molecule has 37 heavy (non-hydrogen) atoms. The number of nitrogens with zero attached hydrogens (tertiary/aromatic N) is 1. The minimum atomic E-state index is -0.270. The van der Waals surface area contributed by atoms with Crippen LogP contribution in [0.4, 0.5) is 0 Å². The highest BCUT2D eigenvalue weighted by Crippen LogP contribution is 2.39. The van der Waals surface area contributed by atoms with Gasteiger partial charge in [0.25, 0.3) is 0 Å². The molecule has 6 nitrogen and oxygen atoms in total. The Morgan fingerprint density at radius 1 is 0.838 bits per heavy atom. The van der Waals surface area contributed by atoms with Crippen molar-refractivity contribution in [1.82, 2.24) is 4.90 Å². The zero-order valence-electron chi connectivity index (χ0n) is 21.4. The summed E-state index contributed by atoms with van der Waals surface area (Å²) in [7, 11) is 4.90. The third-order valence-electron chi connectivity index (χ3n) is 7.01. The summed E-state index contributed by atoms with van der Waals surface area (Å²) in [6, 6.07) is 25.5. The molecule has 4 aromatic carbocycles. The number of amides is 1. The Bertz CT molecular complexity index is 1390. The first-order chi connectivity index (χ1) is 18.1. The summed E-state index contributed by atoms with van der Waals surface area (Å²) < 4.78 is 22.6. The monoisotopic (exact) mass is 497 g/mol. The second kappa shape index (κ2) is 10.8. The van der Waals surface area contributed by atoms with Crippen LogP contribution in [-0.4, -0.2) is 45.3 Å². The minimum absolute atomic E-state index is 0.0696. The first-order valence-electron chi connectivity index (χ1n) is 12.4. The number of hydrogen-bond acceptors (Lipinski definition) is 5. The third kappa shape index (κ3) is 5.05. The smallest absolute Gasteiger partial charge is 0.227 e. The summed E-state index contributed by atoms with van der Waals surface area (Å²) in [6.07, 6.45) is 1.05. The van der Waals surface area contributed by atoms with Crippen LogP contribution in [0.15, 0.2) is 78.9 Å². The summed E-state index contributed by atoms with van der Waals surface area (Å²) in [5.41, 5.74) is 3.18. The Labute approximate surface area is 217 Å². The molecule has 1 aliphatic rings. The van der Waals surface area contributed by atoms with Crippen molar-refractivity contribution in [3.8, 4) is 23.0 Å². The van der Waals surface area contributed by atoms with E-state index in [1.54, 1.807) is 21.3 Å². The number of ether oxygens (including phenoxy) is 4. The number of rotatable bonds is 8. The highest BCUT2D eigenvalue weighted by atomic mass is 16.5. The zero-order chi connectivity index (χ0) is 25.8. The van der Waals surface area contributed by atoms with Gasteiger partial charge in [-0.3, -0.25) is 4.79 Å². The van der Waals surface area contributed by atoms with Gasteiger partial charge in [-0.05, 0) is 70.3 Å². The third-order valence-corrected chi connectivity index (χ3v) is 7.01. The molecule has 1 unspecified atom stereocenters. The molecular weight excluding hydrogens is 466 g/mol. The van der Waals surface area contributed by atoms with Gasteiger partial charge >= 0.3 is 0 Å². The van der Waals surface area contributed by atoms with Gasteiger partial charge in [-0.1, -0.05) is 42.5 Å². The van der Waals surface area contributed by atoms with E-state index in [2.05, 4.69) is 18.2 Å². The van der Waals surface area contributed by atoms with Gasteiger partial charge in [0, 0.05) is 6.54 Å². The maximum absolute atomic E-state index is 13.8. The maximum Gasteiger partial charge on any atom is 0.227 e. The number of fused-ring (bicyclic) bond motifs is 2. The summed E-state index contributed by atoms with van der Waals surface area (Å²) in [4.78, 5) is 15.7. The highest BCUT2D eigenvalue weighted by molar-refractivity contribution is 5.90. The van der Waals surface area contributed by atoms with Crippen LogP contribution in [0, 0.1) is 0 Å². The van der Waals surface area contributed by atoms with Crippen molar-refractivity contribution in [2.24, 2.45) is 0 Å². The van der Waals surface area contributed by atoms with Gasteiger partial charge in [0.15, 0.2) is 11.5 Å². The molecule has 0 spiro atoms. The van der Waals surface area contributed by atoms with E-state index in [1.807, 2.05) is 65.6 Å². The lowest BCUT2D eigenvalue weighted by Crippen LogP contribution is -2.43. The fraction of sp³-hybridized carbons (Fsp3) is 0.258. The summed E-state index contributed by atoms with van der Waals surface area (Å²) >= 11 is 0. The Morgan fingerprint density at radius 2 is 1.54 bits per heavy atom. The van der Waals surface area contributed by atoms with Crippen molar-refractivity contribution in [3.05, 3.63) is 95.6 Å². The van der Waals surface area contributed by atoms with Crippen LogP contribution in [0.5, 0.6) is 23.0 Å². The van der Waals surface area contributed by atoms with Crippen LogP contribution < -0.4 is 18.9 Å². The summed E-state index contributed by atoms with van der Waals surface area (Å²) in [5, 5.41) is 2.24. The molecular formula is C31H31NO5. The van der Waals surface area contributed by atoms with Gasteiger partial charge < -0.3 is 23.8 Å². The lowest BCUT2D eigenvalue weighted by Gasteiger charge is -2.38. The molecule has 0 N–H and O–H groups in total. The second-order valence-corrected chi connectivity index (χ2v) is 9.06. The lowest BCUT2D eigenvalue weighted by molar-refractivity contribution is -0.134. The van der Waals surface area contributed by atoms with E-state index < -0.39 is 0 Å². The van der Waals surface area contributed by atoms with Crippen molar-refractivity contribution in [2.75, 3.05) is 34.5 Å². The summed E-state index contributed by atoms with van der Waals surface area (Å²) in [5.74, 6) is 2.87. The SMILES string of the molecule is COc1ccc(OCC2c3cc(OC)c(OC)cc3CCN2C(=O)Cc2cccc3ccccc23)cc1. The second-order valence-electron chi connectivity index (χ2n) is 9.06. The number of carbonyl (C=O) groups excluding carboxylic acids is 1.